The predicted octanol–water partition coefficient (Wildman–Crippen LogP) is 3.14. The molecule has 0 saturated heterocycles. The monoisotopic (exact) mass is 344 g/mol. The molecule has 1 aliphatic rings. The number of carbonyl (C=O) groups is 1. The van der Waals surface area contributed by atoms with Crippen LogP contribution in [0.1, 0.15) is 21.6 Å². The zero-order chi connectivity index (χ0) is 17.8. The predicted molar refractivity (Wildman–Crippen MR) is 102 cm³/mol. The van der Waals surface area contributed by atoms with Crippen molar-refractivity contribution >= 4 is 17.4 Å². The molecule has 1 N–H and O–H groups in total. The van der Waals surface area contributed by atoms with Crippen molar-refractivity contribution in [3.63, 3.8) is 0 Å². The Hall–Kier alpha value is -3.21. The summed E-state index contributed by atoms with van der Waals surface area (Å²) in [4.78, 5) is 23.1. The molecule has 130 valence electrons. The van der Waals surface area contributed by atoms with E-state index in [1.165, 1.54) is 17.5 Å². The van der Waals surface area contributed by atoms with Crippen LogP contribution in [0.15, 0.2) is 67.0 Å². The summed E-state index contributed by atoms with van der Waals surface area (Å²) in [6, 6.07) is 20.2. The third-order valence-electron chi connectivity index (χ3n) is 4.59. The number of anilines is 2. The molecule has 0 atom stereocenters. The molecule has 26 heavy (non-hydrogen) atoms. The molecule has 4 rings (SSSR count). The first-order chi connectivity index (χ1) is 12.8. The maximum atomic E-state index is 12.4. The second-order valence-electron chi connectivity index (χ2n) is 6.28. The number of nitrogens with zero attached hydrogens (tertiary/aromatic N) is 3. The summed E-state index contributed by atoms with van der Waals surface area (Å²) in [5.41, 5.74) is 4.05. The molecule has 0 radical (unpaired) electrons. The van der Waals surface area contributed by atoms with Gasteiger partial charge < -0.3 is 10.2 Å². The van der Waals surface area contributed by atoms with Gasteiger partial charge in [-0.05, 0) is 30.0 Å². The minimum atomic E-state index is -0.169. The summed E-state index contributed by atoms with van der Waals surface area (Å²) < 4.78 is 0. The summed E-state index contributed by atoms with van der Waals surface area (Å²) in [6.45, 7) is 1.44. The molecule has 1 aliphatic heterocycles. The highest BCUT2D eigenvalue weighted by atomic mass is 16.1. The van der Waals surface area contributed by atoms with Gasteiger partial charge in [-0.2, -0.15) is 0 Å². The van der Waals surface area contributed by atoms with Crippen molar-refractivity contribution in [3.8, 4) is 0 Å². The van der Waals surface area contributed by atoms with Gasteiger partial charge in [0.1, 0.15) is 17.8 Å². The van der Waals surface area contributed by atoms with Crippen LogP contribution in [0, 0.1) is 0 Å². The van der Waals surface area contributed by atoms with Crippen LogP contribution in [0.5, 0.6) is 0 Å². The molecule has 0 fully saturated rings. The van der Waals surface area contributed by atoms with Crippen LogP contribution in [-0.2, 0) is 12.8 Å². The van der Waals surface area contributed by atoms with E-state index in [1.807, 2.05) is 30.3 Å². The van der Waals surface area contributed by atoms with E-state index in [2.05, 4.69) is 44.5 Å². The maximum Gasteiger partial charge on any atom is 0.270 e. The number of nitrogens with one attached hydrogen (secondary N) is 1. The Labute approximate surface area is 152 Å². The van der Waals surface area contributed by atoms with Gasteiger partial charge in [0.2, 0.25) is 0 Å². The lowest BCUT2D eigenvalue weighted by molar-refractivity contribution is 0.0949. The van der Waals surface area contributed by atoms with Crippen LogP contribution in [-0.4, -0.2) is 29.0 Å². The number of hydrogen-bond acceptors (Lipinski definition) is 4. The van der Waals surface area contributed by atoms with Gasteiger partial charge in [-0.15, -0.1) is 0 Å². The quantitative estimate of drug-likeness (QED) is 0.772. The van der Waals surface area contributed by atoms with E-state index in [9.17, 15) is 4.79 Å². The second-order valence-corrected chi connectivity index (χ2v) is 6.28. The highest BCUT2D eigenvalue weighted by Crippen LogP contribution is 2.32. The first-order valence-electron chi connectivity index (χ1n) is 8.81. The fourth-order valence-corrected chi connectivity index (χ4v) is 3.25. The number of benzene rings is 2. The van der Waals surface area contributed by atoms with E-state index in [4.69, 9.17) is 0 Å². The van der Waals surface area contributed by atoms with Crippen LogP contribution in [0.25, 0.3) is 0 Å². The second kappa shape index (κ2) is 7.35. The molecule has 3 aromatic rings. The number of fused-ring (bicyclic) bond motifs is 1. The average Bonchev–Trinajstić information content (AvgIpc) is 3.13. The van der Waals surface area contributed by atoms with E-state index >= 15 is 0 Å². The van der Waals surface area contributed by atoms with Crippen molar-refractivity contribution in [2.75, 3.05) is 18.0 Å². The maximum absolute atomic E-state index is 12.4. The fourth-order valence-electron chi connectivity index (χ4n) is 3.25. The van der Waals surface area contributed by atoms with Crippen LogP contribution >= 0.6 is 0 Å². The third kappa shape index (κ3) is 3.42. The molecule has 1 aromatic heterocycles. The van der Waals surface area contributed by atoms with E-state index in [0.717, 1.165) is 30.9 Å². The molecule has 2 heterocycles. The van der Waals surface area contributed by atoms with Crippen LogP contribution in [0.4, 0.5) is 11.5 Å². The molecule has 2 aromatic carbocycles. The summed E-state index contributed by atoms with van der Waals surface area (Å²) in [5.74, 6) is 0.593. The lowest BCUT2D eigenvalue weighted by Gasteiger charge is -2.18. The highest BCUT2D eigenvalue weighted by molar-refractivity contribution is 5.93. The fraction of sp³-hybridized carbons (Fsp3) is 0.190. The molecule has 0 bridgehead atoms. The molecule has 0 unspecified atom stereocenters. The van der Waals surface area contributed by atoms with Gasteiger partial charge in [0.05, 0.1) is 0 Å². The minimum Gasteiger partial charge on any atom is -0.350 e. The molecular formula is C21H20N4O. The number of carbonyl (C=O) groups excluding carboxylic acids is 1. The lowest BCUT2D eigenvalue weighted by atomic mass is 10.1. The Balaban J connectivity index is 1.43. The van der Waals surface area contributed by atoms with Gasteiger partial charge in [-0.25, -0.2) is 9.97 Å². The minimum absolute atomic E-state index is 0.169. The first-order valence-corrected chi connectivity index (χ1v) is 8.81. The number of hydrogen-bond donors (Lipinski definition) is 1. The topological polar surface area (TPSA) is 58.1 Å². The van der Waals surface area contributed by atoms with E-state index in [0.29, 0.717) is 12.2 Å². The van der Waals surface area contributed by atoms with Crippen molar-refractivity contribution in [1.29, 1.82) is 0 Å². The Kier molecular flexibility index (Phi) is 4.60. The molecule has 0 saturated carbocycles. The Bertz CT molecular complexity index is 911. The molecule has 0 spiro atoms. The largest absolute Gasteiger partial charge is 0.350 e. The Morgan fingerprint density at radius 2 is 1.85 bits per heavy atom. The lowest BCUT2D eigenvalue weighted by Crippen LogP contribution is -2.27. The SMILES string of the molecule is O=C(NCCc1ccccc1)c1cc(N2CCc3ccccc32)ncn1. The van der Waals surface area contributed by atoms with Crippen molar-refractivity contribution in [2.24, 2.45) is 0 Å². The van der Waals surface area contributed by atoms with Gasteiger partial charge in [0.15, 0.2) is 0 Å². The van der Waals surface area contributed by atoms with Gasteiger partial charge in [0, 0.05) is 24.8 Å². The standard InChI is InChI=1S/C21H20N4O/c26-21(22-12-10-16-6-2-1-3-7-16)18-14-20(24-15-23-18)25-13-11-17-8-4-5-9-19(17)25/h1-9,14-15H,10-13H2,(H,22,26). The van der Waals surface area contributed by atoms with Gasteiger partial charge in [0.25, 0.3) is 5.91 Å². The van der Waals surface area contributed by atoms with Crippen LogP contribution < -0.4 is 10.2 Å². The smallest absolute Gasteiger partial charge is 0.270 e. The normalized spacial score (nSPS) is 12.7. The average molecular weight is 344 g/mol. The summed E-state index contributed by atoms with van der Waals surface area (Å²) in [5, 5.41) is 2.94. The van der Waals surface area contributed by atoms with Crippen molar-refractivity contribution in [1.82, 2.24) is 15.3 Å². The Morgan fingerprint density at radius 1 is 1.04 bits per heavy atom. The molecular weight excluding hydrogens is 324 g/mol. The third-order valence-corrected chi connectivity index (χ3v) is 4.59. The van der Waals surface area contributed by atoms with Gasteiger partial charge >= 0.3 is 0 Å². The summed E-state index contributed by atoms with van der Waals surface area (Å²) >= 11 is 0. The Morgan fingerprint density at radius 3 is 2.73 bits per heavy atom. The molecule has 5 heteroatoms. The zero-order valence-corrected chi connectivity index (χ0v) is 14.4. The number of aromatic nitrogens is 2. The van der Waals surface area contributed by atoms with Gasteiger partial charge in [-0.3, -0.25) is 4.79 Å². The number of amides is 1. The van der Waals surface area contributed by atoms with E-state index < -0.39 is 0 Å². The first kappa shape index (κ1) is 16.3. The van der Waals surface area contributed by atoms with Crippen LogP contribution in [0.3, 0.4) is 0 Å². The van der Waals surface area contributed by atoms with E-state index in [1.54, 1.807) is 6.07 Å². The van der Waals surface area contributed by atoms with E-state index in [-0.39, 0.29) is 5.91 Å². The highest BCUT2D eigenvalue weighted by Gasteiger charge is 2.21. The molecule has 0 aliphatic carbocycles. The summed E-state index contributed by atoms with van der Waals surface area (Å²) in [7, 11) is 0. The number of para-hydroxylation sites is 1. The zero-order valence-electron chi connectivity index (χ0n) is 14.4. The van der Waals surface area contributed by atoms with Crippen molar-refractivity contribution < 1.29 is 4.79 Å². The van der Waals surface area contributed by atoms with Crippen molar-refractivity contribution in [2.45, 2.75) is 12.8 Å². The molecule has 1 amide bonds. The van der Waals surface area contributed by atoms with Crippen molar-refractivity contribution in [3.05, 3.63) is 83.8 Å². The number of rotatable bonds is 5. The summed E-state index contributed by atoms with van der Waals surface area (Å²) in [6.07, 6.45) is 3.24. The van der Waals surface area contributed by atoms with Gasteiger partial charge in [-0.1, -0.05) is 48.5 Å². The molecule has 5 nitrogen and oxygen atoms in total. The van der Waals surface area contributed by atoms with Crippen LogP contribution in [0.2, 0.25) is 0 Å².